The zero-order chi connectivity index (χ0) is 11.4. The van der Waals surface area contributed by atoms with Gasteiger partial charge in [-0.05, 0) is 23.6 Å². The summed E-state index contributed by atoms with van der Waals surface area (Å²) in [7, 11) is 0. The third kappa shape index (κ3) is 3.24. The summed E-state index contributed by atoms with van der Waals surface area (Å²) in [4.78, 5) is 1.31. The highest BCUT2D eigenvalue weighted by Gasteiger charge is 2.13. The lowest BCUT2D eigenvalue weighted by atomic mass is 10.0. The second-order valence-corrected chi connectivity index (χ2v) is 5.64. The zero-order valence-electron chi connectivity index (χ0n) is 9.90. The van der Waals surface area contributed by atoms with Crippen LogP contribution in [0.1, 0.15) is 25.3 Å². The largest absolute Gasteiger partial charge is 0.378 e. The molecule has 0 aromatic heterocycles. The van der Waals surface area contributed by atoms with Gasteiger partial charge in [-0.15, -0.1) is 11.8 Å². The standard InChI is InChI=1S/C13H19NOS/c1-10(2)11-3-5-12(6-4-11)16-13-9-15-8-7-14-13/h3-6,10,13-14H,7-9H2,1-2H3. The molecule has 0 radical (unpaired) electrons. The first-order chi connectivity index (χ1) is 7.75. The molecule has 0 spiro atoms. The highest BCUT2D eigenvalue weighted by atomic mass is 32.2. The Morgan fingerprint density at radius 1 is 1.31 bits per heavy atom. The number of benzene rings is 1. The van der Waals surface area contributed by atoms with Crippen LogP contribution >= 0.6 is 11.8 Å². The van der Waals surface area contributed by atoms with Gasteiger partial charge in [-0.25, -0.2) is 0 Å². The maximum Gasteiger partial charge on any atom is 0.0817 e. The molecule has 88 valence electrons. The topological polar surface area (TPSA) is 21.3 Å². The van der Waals surface area contributed by atoms with Gasteiger partial charge in [-0.1, -0.05) is 26.0 Å². The minimum absolute atomic E-state index is 0.402. The van der Waals surface area contributed by atoms with Gasteiger partial charge in [0.05, 0.1) is 18.6 Å². The van der Waals surface area contributed by atoms with Gasteiger partial charge in [0.1, 0.15) is 0 Å². The van der Waals surface area contributed by atoms with Gasteiger partial charge < -0.3 is 10.1 Å². The normalized spacial score (nSPS) is 21.3. The van der Waals surface area contributed by atoms with E-state index in [0.717, 1.165) is 19.8 Å². The van der Waals surface area contributed by atoms with Crippen LogP contribution in [0.25, 0.3) is 0 Å². The van der Waals surface area contributed by atoms with Crippen molar-refractivity contribution in [1.29, 1.82) is 0 Å². The van der Waals surface area contributed by atoms with Crippen molar-refractivity contribution < 1.29 is 4.74 Å². The van der Waals surface area contributed by atoms with Crippen molar-refractivity contribution in [2.75, 3.05) is 19.8 Å². The highest BCUT2D eigenvalue weighted by Crippen LogP contribution is 2.25. The number of ether oxygens (including phenoxy) is 1. The van der Waals surface area contributed by atoms with Crippen molar-refractivity contribution in [2.24, 2.45) is 0 Å². The summed E-state index contributed by atoms with van der Waals surface area (Å²) in [6.07, 6.45) is 0. The van der Waals surface area contributed by atoms with E-state index >= 15 is 0 Å². The van der Waals surface area contributed by atoms with Crippen molar-refractivity contribution in [2.45, 2.75) is 30.0 Å². The maximum absolute atomic E-state index is 5.43. The molecule has 1 aromatic carbocycles. The first-order valence-corrected chi connectivity index (χ1v) is 6.71. The summed E-state index contributed by atoms with van der Waals surface area (Å²) in [5.74, 6) is 0.607. The van der Waals surface area contributed by atoms with Gasteiger partial charge in [0, 0.05) is 11.4 Å². The van der Waals surface area contributed by atoms with E-state index in [0.29, 0.717) is 11.3 Å². The van der Waals surface area contributed by atoms with Crippen LogP contribution in [0.15, 0.2) is 29.2 Å². The van der Waals surface area contributed by atoms with Gasteiger partial charge in [0.25, 0.3) is 0 Å². The van der Waals surface area contributed by atoms with E-state index in [1.807, 2.05) is 11.8 Å². The molecule has 16 heavy (non-hydrogen) atoms. The van der Waals surface area contributed by atoms with Crippen LogP contribution in [-0.4, -0.2) is 25.1 Å². The Labute approximate surface area is 102 Å². The number of morpholine rings is 1. The number of thioether (sulfide) groups is 1. The van der Waals surface area contributed by atoms with E-state index in [1.54, 1.807) is 0 Å². The molecule has 3 heteroatoms. The Morgan fingerprint density at radius 2 is 2.06 bits per heavy atom. The summed E-state index contributed by atoms with van der Waals surface area (Å²) in [6, 6.07) is 8.85. The molecule has 0 bridgehead atoms. The number of rotatable bonds is 3. The summed E-state index contributed by atoms with van der Waals surface area (Å²) < 4.78 is 5.43. The van der Waals surface area contributed by atoms with Crippen molar-refractivity contribution in [1.82, 2.24) is 5.32 Å². The highest BCUT2D eigenvalue weighted by molar-refractivity contribution is 8.00. The van der Waals surface area contributed by atoms with Crippen molar-refractivity contribution in [3.63, 3.8) is 0 Å². The summed E-state index contributed by atoms with van der Waals surface area (Å²) in [5.41, 5.74) is 1.40. The fraction of sp³-hybridized carbons (Fsp3) is 0.538. The number of hydrogen-bond acceptors (Lipinski definition) is 3. The fourth-order valence-electron chi connectivity index (χ4n) is 1.71. The minimum atomic E-state index is 0.402. The van der Waals surface area contributed by atoms with Crippen molar-refractivity contribution in [3.8, 4) is 0 Å². The second kappa shape index (κ2) is 5.71. The lowest BCUT2D eigenvalue weighted by molar-refractivity contribution is 0.100. The molecule has 1 aliphatic rings. The van der Waals surface area contributed by atoms with Crippen LogP contribution in [-0.2, 0) is 4.74 Å². The smallest absolute Gasteiger partial charge is 0.0817 e. The third-order valence-electron chi connectivity index (χ3n) is 2.71. The molecule has 1 aromatic rings. The monoisotopic (exact) mass is 237 g/mol. The lowest BCUT2D eigenvalue weighted by Crippen LogP contribution is -2.38. The average molecular weight is 237 g/mol. The summed E-state index contributed by atoms with van der Waals surface area (Å²) in [5, 5.41) is 3.84. The third-order valence-corrected chi connectivity index (χ3v) is 3.84. The van der Waals surface area contributed by atoms with E-state index in [9.17, 15) is 0 Å². The zero-order valence-corrected chi connectivity index (χ0v) is 10.7. The summed E-state index contributed by atoms with van der Waals surface area (Å²) >= 11 is 1.85. The lowest BCUT2D eigenvalue weighted by Gasteiger charge is -2.23. The van der Waals surface area contributed by atoms with Crippen LogP contribution in [0.4, 0.5) is 0 Å². The Hall–Kier alpha value is -0.510. The van der Waals surface area contributed by atoms with Crippen LogP contribution in [0.2, 0.25) is 0 Å². The molecular formula is C13H19NOS. The molecule has 1 fully saturated rings. The molecule has 1 atom stereocenters. The molecule has 1 unspecified atom stereocenters. The van der Waals surface area contributed by atoms with E-state index in [1.165, 1.54) is 10.5 Å². The van der Waals surface area contributed by atoms with Gasteiger partial charge in [0.15, 0.2) is 0 Å². The van der Waals surface area contributed by atoms with Crippen LogP contribution in [0.5, 0.6) is 0 Å². The van der Waals surface area contributed by atoms with Crippen LogP contribution in [0, 0.1) is 0 Å². The predicted molar refractivity (Wildman–Crippen MR) is 69.0 cm³/mol. The fourth-order valence-corrected chi connectivity index (χ4v) is 2.70. The Kier molecular flexibility index (Phi) is 4.27. The Balaban J connectivity index is 1.93. The quantitative estimate of drug-likeness (QED) is 0.873. The van der Waals surface area contributed by atoms with E-state index in [-0.39, 0.29) is 0 Å². The van der Waals surface area contributed by atoms with Crippen molar-refractivity contribution >= 4 is 11.8 Å². The molecule has 0 aliphatic carbocycles. The van der Waals surface area contributed by atoms with Crippen LogP contribution < -0.4 is 5.32 Å². The predicted octanol–water partition coefficient (Wildman–Crippen LogP) is 2.85. The summed E-state index contributed by atoms with van der Waals surface area (Å²) in [6.45, 7) is 7.04. The Morgan fingerprint density at radius 3 is 2.62 bits per heavy atom. The van der Waals surface area contributed by atoms with E-state index < -0.39 is 0 Å². The van der Waals surface area contributed by atoms with E-state index in [4.69, 9.17) is 4.74 Å². The number of nitrogens with one attached hydrogen (secondary N) is 1. The maximum atomic E-state index is 5.43. The molecule has 1 saturated heterocycles. The van der Waals surface area contributed by atoms with Crippen LogP contribution in [0.3, 0.4) is 0 Å². The molecule has 1 heterocycles. The SMILES string of the molecule is CC(C)c1ccc(SC2COCCN2)cc1. The van der Waals surface area contributed by atoms with Crippen molar-refractivity contribution in [3.05, 3.63) is 29.8 Å². The Bertz CT molecular complexity index is 317. The molecular weight excluding hydrogens is 218 g/mol. The second-order valence-electron chi connectivity index (χ2n) is 4.36. The molecule has 0 saturated carbocycles. The molecule has 2 nitrogen and oxygen atoms in total. The minimum Gasteiger partial charge on any atom is -0.378 e. The first-order valence-electron chi connectivity index (χ1n) is 5.83. The van der Waals surface area contributed by atoms with Gasteiger partial charge in [-0.2, -0.15) is 0 Å². The van der Waals surface area contributed by atoms with Gasteiger partial charge >= 0.3 is 0 Å². The number of hydrogen-bond donors (Lipinski definition) is 1. The molecule has 1 N–H and O–H groups in total. The van der Waals surface area contributed by atoms with Gasteiger partial charge in [-0.3, -0.25) is 0 Å². The van der Waals surface area contributed by atoms with Gasteiger partial charge in [0.2, 0.25) is 0 Å². The first kappa shape index (κ1) is 12.0. The van der Waals surface area contributed by atoms with E-state index in [2.05, 4.69) is 43.4 Å². The molecule has 1 aliphatic heterocycles. The average Bonchev–Trinajstić information content (AvgIpc) is 2.31. The molecule has 2 rings (SSSR count). The molecule has 0 amide bonds.